The van der Waals surface area contributed by atoms with E-state index in [1.807, 2.05) is 25.1 Å². The van der Waals surface area contributed by atoms with Gasteiger partial charge in [0.1, 0.15) is 5.75 Å². The van der Waals surface area contributed by atoms with Crippen LogP contribution in [0.5, 0.6) is 5.75 Å². The summed E-state index contributed by atoms with van der Waals surface area (Å²) in [5, 5.41) is 10.4. The van der Waals surface area contributed by atoms with Crippen molar-refractivity contribution in [2.75, 3.05) is 20.2 Å². The van der Waals surface area contributed by atoms with Gasteiger partial charge >= 0.3 is 0 Å². The molecule has 1 aliphatic heterocycles. The second-order valence-electron chi connectivity index (χ2n) is 5.25. The number of aliphatic hydroxyl groups is 1. The minimum atomic E-state index is -0.472. The van der Waals surface area contributed by atoms with Gasteiger partial charge in [0, 0.05) is 18.2 Å². The number of aryl methyl sites for hydroxylation is 1. The molecule has 0 spiro atoms. The predicted molar refractivity (Wildman–Crippen MR) is 73.0 cm³/mol. The fourth-order valence-electron chi connectivity index (χ4n) is 2.70. The number of nitrogens with zero attached hydrogens (tertiary/aromatic N) is 1. The predicted octanol–water partition coefficient (Wildman–Crippen LogP) is 2.52. The summed E-state index contributed by atoms with van der Waals surface area (Å²) in [7, 11) is 1.65. The highest BCUT2D eigenvalue weighted by Crippen LogP contribution is 2.28. The second kappa shape index (κ2) is 5.72. The first kappa shape index (κ1) is 13.4. The van der Waals surface area contributed by atoms with Gasteiger partial charge in [-0.3, -0.25) is 4.90 Å². The van der Waals surface area contributed by atoms with E-state index in [1.165, 1.54) is 12.8 Å². The molecule has 0 saturated carbocycles. The first-order chi connectivity index (χ1) is 8.61. The molecule has 1 heterocycles. The van der Waals surface area contributed by atoms with Crippen LogP contribution in [0.2, 0.25) is 0 Å². The fraction of sp³-hybridized carbons (Fsp3) is 0.600. The van der Waals surface area contributed by atoms with E-state index < -0.39 is 6.10 Å². The Morgan fingerprint density at radius 3 is 2.89 bits per heavy atom. The van der Waals surface area contributed by atoms with Crippen molar-refractivity contribution < 1.29 is 9.84 Å². The van der Waals surface area contributed by atoms with Crippen molar-refractivity contribution >= 4 is 0 Å². The second-order valence-corrected chi connectivity index (χ2v) is 5.25. The Morgan fingerprint density at radius 2 is 2.28 bits per heavy atom. The molecule has 1 saturated heterocycles. The maximum Gasteiger partial charge on any atom is 0.124 e. The van der Waals surface area contributed by atoms with Gasteiger partial charge in [-0.15, -0.1) is 0 Å². The smallest absolute Gasteiger partial charge is 0.124 e. The third-order valence-electron chi connectivity index (χ3n) is 3.84. The molecule has 1 aromatic rings. The average Bonchev–Trinajstić information content (AvgIpc) is 2.75. The summed E-state index contributed by atoms with van der Waals surface area (Å²) in [5.74, 6) is 0.778. The van der Waals surface area contributed by atoms with Crippen LogP contribution in [0.3, 0.4) is 0 Å². The monoisotopic (exact) mass is 249 g/mol. The van der Waals surface area contributed by atoms with Crippen molar-refractivity contribution in [3.63, 3.8) is 0 Å². The normalized spacial score (nSPS) is 22.1. The molecule has 1 fully saturated rings. The van der Waals surface area contributed by atoms with Crippen LogP contribution in [0.1, 0.15) is 37.0 Å². The number of hydrogen-bond donors (Lipinski definition) is 1. The maximum absolute atomic E-state index is 10.4. The summed E-state index contributed by atoms with van der Waals surface area (Å²) in [6, 6.07) is 6.54. The Morgan fingerprint density at radius 1 is 1.50 bits per heavy atom. The molecule has 3 heteroatoms. The molecular formula is C15H23NO2. The van der Waals surface area contributed by atoms with E-state index in [2.05, 4.69) is 11.8 Å². The summed E-state index contributed by atoms with van der Waals surface area (Å²) in [6.07, 6.45) is 2.00. The van der Waals surface area contributed by atoms with Crippen LogP contribution in [0, 0.1) is 6.92 Å². The Kier molecular flexibility index (Phi) is 4.25. The highest BCUT2D eigenvalue weighted by molar-refractivity contribution is 5.38. The van der Waals surface area contributed by atoms with E-state index >= 15 is 0 Å². The zero-order chi connectivity index (χ0) is 13.1. The van der Waals surface area contributed by atoms with Crippen molar-refractivity contribution in [1.82, 2.24) is 4.90 Å². The van der Waals surface area contributed by atoms with Crippen LogP contribution in [-0.2, 0) is 0 Å². The summed E-state index contributed by atoms with van der Waals surface area (Å²) in [6.45, 7) is 6.05. The maximum atomic E-state index is 10.4. The van der Waals surface area contributed by atoms with Gasteiger partial charge in [0.25, 0.3) is 0 Å². The van der Waals surface area contributed by atoms with Crippen molar-refractivity contribution in [3.05, 3.63) is 29.3 Å². The van der Waals surface area contributed by atoms with Crippen LogP contribution in [0.15, 0.2) is 18.2 Å². The lowest BCUT2D eigenvalue weighted by Crippen LogP contribution is -2.31. The van der Waals surface area contributed by atoms with E-state index in [9.17, 15) is 5.11 Å². The van der Waals surface area contributed by atoms with Gasteiger partial charge < -0.3 is 9.84 Å². The van der Waals surface area contributed by atoms with Gasteiger partial charge in [0.2, 0.25) is 0 Å². The van der Waals surface area contributed by atoms with Crippen molar-refractivity contribution in [1.29, 1.82) is 0 Å². The molecule has 100 valence electrons. The molecule has 2 atom stereocenters. The van der Waals surface area contributed by atoms with Gasteiger partial charge in [-0.25, -0.2) is 0 Å². The third kappa shape index (κ3) is 2.85. The summed E-state index contributed by atoms with van der Waals surface area (Å²) in [4.78, 5) is 2.35. The molecule has 0 amide bonds. The van der Waals surface area contributed by atoms with E-state index in [-0.39, 0.29) is 0 Å². The topological polar surface area (TPSA) is 32.7 Å². The van der Waals surface area contributed by atoms with Gasteiger partial charge in [-0.1, -0.05) is 11.6 Å². The Bertz CT molecular complexity index is 405. The molecule has 0 radical (unpaired) electrons. The number of rotatable bonds is 4. The van der Waals surface area contributed by atoms with Crippen molar-refractivity contribution in [3.8, 4) is 5.75 Å². The molecule has 0 aliphatic carbocycles. The first-order valence-corrected chi connectivity index (χ1v) is 6.68. The highest BCUT2D eigenvalue weighted by Gasteiger charge is 2.24. The third-order valence-corrected chi connectivity index (χ3v) is 3.84. The van der Waals surface area contributed by atoms with E-state index in [1.54, 1.807) is 7.11 Å². The Labute approximate surface area is 109 Å². The van der Waals surface area contributed by atoms with E-state index in [0.717, 1.165) is 23.4 Å². The largest absolute Gasteiger partial charge is 0.496 e. The number of ether oxygens (including phenoxy) is 1. The summed E-state index contributed by atoms with van der Waals surface area (Å²) < 4.78 is 5.33. The van der Waals surface area contributed by atoms with E-state index in [4.69, 9.17) is 4.74 Å². The molecule has 2 rings (SSSR count). The summed E-state index contributed by atoms with van der Waals surface area (Å²) >= 11 is 0. The molecule has 3 nitrogen and oxygen atoms in total. The molecule has 0 bridgehead atoms. The van der Waals surface area contributed by atoms with Crippen LogP contribution in [-0.4, -0.2) is 36.2 Å². The average molecular weight is 249 g/mol. The van der Waals surface area contributed by atoms with Gasteiger partial charge in [0.15, 0.2) is 0 Å². The van der Waals surface area contributed by atoms with Crippen LogP contribution >= 0.6 is 0 Å². The standard InChI is InChI=1S/C15H23NO2/c1-11-6-7-15(18-3)13(9-11)14(17)10-16-8-4-5-12(16)2/h6-7,9,12,14,17H,4-5,8,10H2,1-3H3. The van der Waals surface area contributed by atoms with E-state index in [0.29, 0.717) is 12.6 Å². The van der Waals surface area contributed by atoms with Gasteiger partial charge in [-0.05, 0) is 45.4 Å². The zero-order valence-electron chi connectivity index (χ0n) is 11.5. The lowest BCUT2D eigenvalue weighted by molar-refractivity contribution is 0.107. The van der Waals surface area contributed by atoms with Crippen LogP contribution in [0.4, 0.5) is 0 Å². The van der Waals surface area contributed by atoms with Gasteiger partial charge in [0.05, 0.1) is 13.2 Å². The number of likely N-dealkylation sites (tertiary alicyclic amines) is 1. The van der Waals surface area contributed by atoms with Gasteiger partial charge in [-0.2, -0.15) is 0 Å². The molecule has 18 heavy (non-hydrogen) atoms. The lowest BCUT2D eigenvalue weighted by Gasteiger charge is -2.25. The Balaban J connectivity index is 2.12. The lowest BCUT2D eigenvalue weighted by atomic mass is 10.0. The minimum Gasteiger partial charge on any atom is -0.496 e. The quantitative estimate of drug-likeness (QED) is 0.890. The number of hydrogen-bond acceptors (Lipinski definition) is 3. The number of benzene rings is 1. The first-order valence-electron chi connectivity index (χ1n) is 6.68. The zero-order valence-corrected chi connectivity index (χ0v) is 11.5. The summed E-state index contributed by atoms with van der Waals surface area (Å²) in [5.41, 5.74) is 2.05. The fourth-order valence-corrected chi connectivity index (χ4v) is 2.70. The molecular weight excluding hydrogens is 226 g/mol. The molecule has 1 N–H and O–H groups in total. The number of methoxy groups -OCH3 is 1. The molecule has 0 aromatic heterocycles. The SMILES string of the molecule is COc1ccc(C)cc1C(O)CN1CCCC1C. The number of aliphatic hydroxyl groups excluding tert-OH is 1. The molecule has 2 unspecified atom stereocenters. The van der Waals surface area contributed by atoms with Crippen LogP contribution in [0.25, 0.3) is 0 Å². The Hall–Kier alpha value is -1.06. The minimum absolute atomic E-state index is 0.472. The van der Waals surface area contributed by atoms with Crippen molar-refractivity contribution in [2.24, 2.45) is 0 Å². The van der Waals surface area contributed by atoms with Crippen molar-refractivity contribution in [2.45, 2.75) is 38.8 Å². The number of β-amino-alcohol motifs (C(OH)–C–C–N with tert-alkyl or cyclic N) is 1. The highest BCUT2D eigenvalue weighted by atomic mass is 16.5. The van der Waals surface area contributed by atoms with Crippen LogP contribution < -0.4 is 4.74 Å². The molecule has 1 aromatic carbocycles. The molecule has 1 aliphatic rings.